The number of nitrogens with one attached hydrogen (secondary N) is 1. The number of hydrogen-bond donors (Lipinski definition) is 2. The summed E-state index contributed by atoms with van der Waals surface area (Å²) in [5, 5.41) is 12.3. The molecular formula is C40H46F3N3O7. The van der Waals surface area contributed by atoms with E-state index in [-0.39, 0.29) is 44.2 Å². The summed E-state index contributed by atoms with van der Waals surface area (Å²) in [5.41, 5.74) is 5.31. The smallest absolute Gasteiger partial charge is 0.392 e. The van der Waals surface area contributed by atoms with Gasteiger partial charge >= 0.3 is 12.1 Å². The lowest BCUT2D eigenvalue weighted by Gasteiger charge is -2.44. The molecule has 284 valence electrons. The summed E-state index contributed by atoms with van der Waals surface area (Å²) in [5.74, 6) is -2.98. The van der Waals surface area contributed by atoms with Crippen molar-refractivity contribution in [3.8, 4) is 11.1 Å². The van der Waals surface area contributed by atoms with Gasteiger partial charge in [-0.25, -0.2) is 0 Å². The van der Waals surface area contributed by atoms with E-state index < -0.39 is 36.1 Å². The fourth-order valence-electron chi connectivity index (χ4n) is 7.89. The van der Waals surface area contributed by atoms with Crippen molar-refractivity contribution in [3.63, 3.8) is 0 Å². The molecule has 0 radical (unpaired) electrons. The summed E-state index contributed by atoms with van der Waals surface area (Å²) >= 11 is 0. The van der Waals surface area contributed by atoms with Crippen molar-refractivity contribution in [1.29, 1.82) is 0 Å². The Morgan fingerprint density at radius 3 is 2.26 bits per heavy atom. The minimum absolute atomic E-state index is 0.0315. The standard InChI is InChI=1S/C40H46F3N3O7/c1-26-34(24-45-18-15-39(16-19-45)50-20-21-51-39)52-37(53-35(26)30-9-7-27(25-47)8-10-30)31-13-11-29(12-14-31)32-5-2-4-28(22-32)23-44-36(48)33-6-3-17-46(33)38(49)40(41,42)43/h2,4-5,7-14,22,26,33-35,37,47H,3,6,15-21,23-25H2,1H3,(H,44,48)/t26-,33-,34+,35+,37+/m0/s1. The molecule has 7 rings (SSSR count). The quantitative estimate of drug-likeness (QED) is 0.291. The molecule has 1 spiro atoms. The van der Waals surface area contributed by atoms with Crippen molar-refractivity contribution in [1.82, 2.24) is 15.1 Å². The minimum Gasteiger partial charge on any atom is -0.392 e. The van der Waals surface area contributed by atoms with Crippen LogP contribution in [0.15, 0.2) is 72.8 Å². The van der Waals surface area contributed by atoms with E-state index in [1.807, 2.05) is 72.8 Å². The van der Waals surface area contributed by atoms with Crippen LogP contribution in [0.1, 0.15) is 67.3 Å². The van der Waals surface area contributed by atoms with Crippen molar-refractivity contribution in [2.24, 2.45) is 5.92 Å². The number of piperidine rings is 1. The highest BCUT2D eigenvalue weighted by Gasteiger charge is 2.48. The molecule has 0 aliphatic carbocycles. The maximum atomic E-state index is 13.0. The zero-order valence-corrected chi connectivity index (χ0v) is 29.7. The van der Waals surface area contributed by atoms with Gasteiger partial charge in [0.1, 0.15) is 6.04 Å². The van der Waals surface area contributed by atoms with E-state index in [1.54, 1.807) is 0 Å². The molecule has 4 aliphatic rings. The topological polar surface area (TPSA) is 110 Å². The predicted molar refractivity (Wildman–Crippen MR) is 188 cm³/mol. The lowest BCUT2D eigenvalue weighted by molar-refractivity contribution is -0.278. The summed E-state index contributed by atoms with van der Waals surface area (Å²) < 4.78 is 64.4. The fourth-order valence-corrected chi connectivity index (χ4v) is 7.89. The van der Waals surface area contributed by atoms with Crippen molar-refractivity contribution < 1.29 is 46.8 Å². The Morgan fingerprint density at radius 1 is 0.887 bits per heavy atom. The van der Waals surface area contributed by atoms with Gasteiger partial charge in [-0.1, -0.05) is 73.7 Å². The molecular weight excluding hydrogens is 691 g/mol. The Kier molecular flexibility index (Phi) is 11.2. The van der Waals surface area contributed by atoms with E-state index in [4.69, 9.17) is 18.9 Å². The number of halogens is 3. The van der Waals surface area contributed by atoms with Crippen LogP contribution in [0.25, 0.3) is 11.1 Å². The number of amides is 2. The summed E-state index contributed by atoms with van der Waals surface area (Å²) in [6.07, 6.45) is -3.83. The van der Waals surface area contributed by atoms with Crippen LogP contribution in [0, 0.1) is 5.92 Å². The van der Waals surface area contributed by atoms with Crippen LogP contribution in [0.2, 0.25) is 0 Å². The highest BCUT2D eigenvalue weighted by atomic mass is 19.4. The summed E-state index contributed by atoms with van der Waals surface area (Å²) in [6, 6.07) is 22.2. The van der Waals surface area contributed by atoms with E-state index in [2.05, 4.69) is 17.1 Å². The Hall–Kier alpha value is -3.85. The molecule has 2 amide bonds. The normalized spacial score (nSPS) is 26.2. The maximum Gasteiger partial charge on any atom is 0.471 e. The summed E-state index contributed by atoms with van der Waals surface area (Å²) in [7, 11) is 0. The largest absolute Gasteiger partial charge is 0.471 e. The summed E-state index contributed by atoms with van der Waals surface area (Å²) in [6.45, 7) is 5.86. The van der Waals surface area contributed by atoms with Gasteiger partial charge in [-0.3, -0.25) is 9.59 Å². The number of carbonyl (C=O) groups is 2. The first kappa shape index (κ1) is 37.5. The van der Waals surface area contributed by atoms with Gasteiger partial charge in [-0.05, 0) is 46.7 Å². The molecule has 2 N–H and O–H groups in total. The fraction of sp³-hybridized carbons (Fsp3) is 0.500. The molecule has 0 unspecified atom stereocenters. The Balaban J connectivity index is 1.03. The van der Waals surface area contributed by atoms with E-state index in [0.717, 1.165) is 65.9 Å². The number of rotatable bonds is 9. The number of nitrogens with zero attached hydrogens (tertiary/aromatic N) is 2. The number of aliphatic hydroxyl groups excluding tert-OH is 1. The number of likely N-dealkylation sites (tertiary alicyclic amines) is 2. The zero-order valence-electron chi connectivity index (χ0n) is 29.7. The van der Waals surface area contributed by atoms with E-state index in [9.17, 15) is 27.9 Å². The molecule has 0 saturated carbocycles. The molecule has 4 aliphatic heterocycles. The zero-order chi connectivity index (χ0) is 37.2. The third-order valence-electron chi connectivity index (χ3n) is 11.0. The average molecular weight is 738 g/mol. The van der Waals surface area contributed by atoms with Crippen molar-refractivity contribution in [2.75, 3.05) is 39.4 Å². The summed E-state index contributed by atoms with van der Waals surface area (Å²) in [4.78, 5) is 27.7. The molecule has 13 heteroatoms. The Bertz CT molecular complexity index is 1720. The lowest BCUT2D eigenvalue weighted by Crippen LogP contribution is -2.50. The maximum absolute atomic E-state index is 13.0. The van der Waals surface area contributed by atoms with Gasteiger partial charge in [-0.15, -0.1) is 0 Å². The van der Waals surface area contributed by atoms with E-state index >= 15 is 0 Å². The highest BCUT2D eigenvalue weighted by Crippen LogP contribution is 2.43. The van der Waals surface area contributed by atoms with Gasteiger partial charge in [0.25, 0.3) is 0 Å². The van der Waals surface area contributed by atoms with Gasteiger partial charge < -0.3 is 39.2 Å². The lowest BCUT2D eigenvalue weighted by atomic mass is 9.89. The van der Waals surface area contributed by atoms with Crippen LogP contribution >= 0.6 is 0 Å². The minimum atomic E-state index is -5.02. The second kappa shape index (κ2) is 15.9. The van der Waals surface area contributed by atoms with Crippen LogP contribution < -0.4 is 5.32 Å². The van der Waals surface area contributed by atoms with Crippen LogP contribution in [0.4, 0.5) is 13.2 Å². The monoisotopic (exact) mass is 737 g/mol. The van der Waals surface area contributed by atoms with Gasteiger partial charge in [0.05, 0.1) is 32.0 Å². The van der Waals surface area contributed by atoms with Crippen molar-refractivity contribution >= 4 is 11.8 Å². The third-order valence-corrected chi connectivity index (χ3v) is 11.0. The van der Waals surface area contributed by atoms with Crippen LogP contribution in [0.5, 0.6) is 0 Å². The van der Waals surface area contributed by atoms with Crippen LogP contribution in [0.3, 0.4) is 0 Å². The first-order valence-electron chi connectivity index (χ1n) is 18.4. The molecule has 0 aromatic heterocycles. The second-order valence-electron chi connectivity index (χ2n) is 14.4. The average Bonchev–Trinajstić information content (AvgIpc) is 3.86. The Labute approximate surface area is 307 Å². The molecule has 3 aromatic rings. The van der Waals surface area contributed by atoms with E-state index in [0.29, 0.717) is 24.5 Å². The van der Waals surface area contributed by atoms with Gasteiger partial charge in [0.15, 0.2) is 12.1 Å². The number of ether oxygens (including phenoxy) is 4. The van der Waals surface area contributed by atoms with E-state index in [1.165, 1.54) is 0 Å². The number of benzene rings is 3. The van der Waals surface area contributed by atoms with Gasteiger partial charge in [-0.2, -0.15) is 13.2 Å². The Morgan fingerprint density at radius 2 is 1.58 bits per heavy atom. The predicted octanol–water partition coefficient (Wildman–Crippen LogP) is 5.65. The van der Waals surface area contributed by atoms with Crippen molar-refractivity contribution in [3.05, 3.63) is 95.1 Å². The number of alkyl halides is 3. The third kappa shape index (κ3) is 8.45. The van der Waals surface area contributed by atoms with Gasteiger partial charge in [0.2, 0.25) is 5.91 Å². The molecule has 4 fully saturated rings. The number of carbonyl (C=O) groups excluding carboxylic acids is 2. The molecule has 0 bridgehead atoms. The SMILES string of the molecule is C[C@H]1[C@@H](CN2CCC3(CC2)OCCO3)O[C@@H](c2ccc(-c3cccc(CNC(=O)[C@@H]4CCCN4C(=O)C(F)(F)F)c3)cc2)O[C@H]1c1ccc(CO)cc1. The first-order chi connectivity index (χ1) is 25.5. The number of hydrogen-bond acceptors (Lipinski definition) is 8. The molecule has 5 atom stereocenters. The van der Waals surface area contributed by atoms with Crippen molar-refractivity contribution in [2.45, 2.75) is 82.3 Å². The highest BCUT2D eigenvalue weighted by molar-refractivity contribution is 5.90. The molecule has 4 heterocycles. The molecule has 3 aromatic carbocycles. The molecule has 10 nitrogen and oxygen atoms in total. The molecule has 53 heavy (non-hydrogen) atoms. The molecule has 4 saturated heterocycles. The van der Waals surface area contributed by atoms with Crippen LogP contribution in [-0.4, -0.2) is 90.2 Å². The second-order valence-corrected chi connectivity index (χ2v) is 14.4. The van der Waals surface area contributed by atoms with Gasteiger partial charge in [0, 0.05) is 57.0 Å². The number of aliphatic hydroxyl groups is 1. The van der Waals surface area contributed by atoms with Crippen LogP contribution in [-0.2, 0) is 41.7 Å². The first-order valence-corrected chi connectivity index (χ1v) is 18.4.